The number of aromatic carboxylic acids is 1. The number of benzene rings is 1. The minimum atomic E-state index is -1.25. The Morgan fingerprint density at radius 3 is 2.47 bits per heavy atom. The van der Waals surface area contributed by atoms with Gasteiger partial charge in [-0.3, -0.25) is 0 Å². The van der Waals surface area contributed by atoms with Gasteiger partial charge < -0.3 is 14.9 Å². The Bertz CT molecular complexity index is 397. The maximum atomic E-state index is 11.2. The van der Waals surface area contributed by atoms with Gasteiger partial charge in [0.05, 0.1) is 17.7 Å². The Balaban J connectivity index is 3.09. The lowest BCUT2D eigenvalue weighted by molar-refractivity contribution is -0.268. The van der Waals surface area contributed by atoms with Crippen molar-refractivity contribution in [1.82, 2.24) is 0 Å². The summed E-state index contributed by atoms with van der Waals surface area (Å²) < 4.78 is 4.65. The van der Waals surface area contributed by atoms with E-state index < -0.39 is 17.7 Å². The molecule has 1 rings (SSSR count). The molecule has 5 nitrogen and oxygen atoms in total. The summed E-state index contributed by atoms with van der Waals surface area (Å²) in [6.07, 6.45) is 0. The van der Waals surface area contributed by atoms with Crippen molar-refractivity contribution in [2.75, 3.05) is 6.61 Å². The minimum absolute atomic E-state index is 0.0400. The highest BCUT2D eigenvalue weighted by Crippen LogP contribution is 2.14. The Morgan fingerprint density at radius 2 is 1.93 bits per heavy atom. The van der Waals surface area contributed by atoms with Gasteiger partial charge in [0.1, 0.15) is 0 Å². The average Bonchev–Trinajstić information content (AvgIpc) is 2.17. The van der Waals surface area contributed by atoms with E-state index in [1.165, 1.54) is 0 Å². The van der Waals surface area contributed by atoms with E-state index in [4.69, 9.17) is 5.11 Å². The minimum Gasteiger partial charge on any atom is -0.872 e. The summed E-state index contributed by atoms with van der Waals surface area (Å²) >= 11 is 0. The van der Waals surface area contributed by atoms with E-state index in [1.807, 2.05) is 0 Å². The van der Waals surface area contributed by atoms with Crippen molar-refractivity contribution < 1.29 is 24.5 Å². The molecule has 1 aromatic rings. The molecule has 0 aliphatic heterocycles. The third-order valence-corrected chi connectivity index (χ3v) is 1.66. The van der Waals surface area contributed by atoms with Gasteiger partial charge >= 0.3 is 11.9 Å². The molecule has 0 spiro atoms. The zero-order valence-electron chi connectivity index (χ0n) is 8.02. The van der Waals surface area contributed by atoms with Gasteiger partial charge in [0.25, 0.3) is 0 Å². The Morgan fingerprint density at radius 1 is 1.33 bits per heavy atom. The van der Waals surface area contributed by atoms with Gasteiger partial charge in [0.2, 0.25) is 0 Å². The van der Waals surface area contributed by atoms with Gasteiger partial charge in [0, 0.05) is 0 Å². The van der Waals surface area contributed by atoms with Crippen LogP contribution in [0.15, 0.2) is 18.2 Å². The monoisotopic (exact) mass is 209 g/mol. The number of carbonyl (C=O) groups excluding carboxylic acids is 1. The summed E-state index contributed by atoms with van der Waals surface area (Å²) in [4.78, 5) is 21.8. The molecule has 0 saturated heterocycles. The number of hydrogen-bond donors (Lipinski definition) is 1. The molecule has 1 N–H and O–H groups in total. The summed E-state index contributed by atoms with van der Waals surface area (Å²) in [6.45, 7) is 1.79. The molecule has 80 valence electrons. The van der Waals surface area contributed by atoms with Crippen molar-refractivity contribution in [3.8, 4) is 5.75 Å². The van der Waals surface area contributed by atoms with E-state index in [-0.39, 0.29) is 17.7 Å². The SMILES string of the molecule is CCOC(=O)c1cc([O-])cc(C(=O)O)c1. The lowest BCUT2D eigenvalue weighted by Crippen LogP contribution is -2.08. The number of carboxylic acid groups (broad SMARTS) is 1. The number of esters is 1. The Hall–Kier alpha value is -2.04. The molecule has 0 amide bonds. The van der Waals surface area contributed by atoms with E-state index in [0.29, 0.717) is 0 Å². The van der Waals surface area contributed by atoms with Crippen LogP contribution in [0, 0.1) is 0 Å². The van der Waals surface area contributed by atoms with Gasteiger partial charge in [-0.2, -0.15) is 0 Å². The smallest absolute Gasteiger partial charge is 0.338 e. The van der Waals surface area contributed by atoms with Crippen LogP contribution in [0.5, 0.6) is 5.75 Å². The number of carboxylic acids is 1. The maximum Gasteiger partial charge on any atom is 0.338 e. The molecule has 0 bridgehead atoms. The first kappa shape index (κ1) is 11.0. The fourth-order valence-electron chi connectivity index (χ4n) is 1.05. The third kappa shape index (κ3) is 2.70. The molecule has 1 aromatic carbocycles. The number of hydrogen-bond acceptors (Lipinski definition) is 4. The summed E-state index contributed by atoms with van der Waals surface area (Å²) in [5, 5.41) is 19.7. The van der Waals surface area contributed by atoms with Crippen LogP contribution in [-0.4, -0.2) is 23.7 Å². The van der Waals surface area contributed by atoms with E-state index >= 15 is 0 Å². The highest BCUT2D eigenvalue weighted by atomic mass is 16.5. The zero-order chi connectivity index (χ0) is 11.4. The fourth-order valence-corrected chi connectivity index (χ4v) is 1.05. The van der Waals surface area contributed by atoms with Crippen LogP contribution in [0.4, 0.5) is 0 Å². The second-order valence-electron chi connectivity index (χ2n) is 2.77. The second kappa shape index (κ2) is 4.45. The summed E-state index contributed by atoms with van der Waals surface area (Å²) in [7, 11) is 0. The summed E-state index contributed by atoms with van der Waals surface area (Å²) in [6, 6.07) is 3.11. The van der Waals surface area contributed by atoms with E-state index in [1.54, 1.807) is 6.92 Å². The predicted molar refractivity (Wildman–Crippen MR) is 48.8 cm³/mol. The van der Waals surface area contributed by atoms with Crippen molar-refractivity contribution in [2.24, 2.45) is 0 Å². The molecule has 0 unspecified atom stereocenters. The molecule has 0 atom stereocenters. The van der Waals surface area contributed by atoms with Gasteiger partial charge in [-0.25, -0.2) is 9.59 Å². The topological polar surface area (TPSA) is 86.7 Å². The first-order chi connectivity index (χ1) is 7.04. The molecule has 5 heteroatoms. The zero-order valence-corrected chi connectivity index (χ0v) is 8.02. The van der Waals surface area contributed by atoms with E-state index in [2.05, 4.69) is 4.74 Å². The van der Waals surface area contributed by atoms with Crippen molar-refractivity contribution in [3.63, 3.8) is 0 Å². The molecule has 0 heterocycles. The standard InChI is InChI=1S/C10H10O5/c1-2-15-10(14)7-3-6(9(12)13)4-8(11)5-7/h3-5,11H,2H2,1H3,(H,12,13)/p-1. The van der Waals surface area contributed by atoms with Gasteiger partial charge in [-0.05, 0) is 13.0 Å². The second-order valence-corrected chi connectivity index (χ2v) is 2.77. The highest BCUT2D eigenvalue weighted by Gasteiger charge is 2.10. The molecular formula is C10H9O5-. The van der Waals surface area contributed by atoms with Gasteiger partial charge in [-0.15, -0.1) is 5.75 Å². The molecule has 0 fully saturated rings. The normalized spacial score (nSPS) is 9.67. The van der Waals surface area contributed by atoms with Crippen LogP contribution < -0.4 is 5.11 Å². The lowest BCUT2D eigenvalue weighted by atomic mass is 10.1. The molecule has 0 aliphatic carbocycles. The lowest BCUT2D eigenvalue weighted by Gasteiger charge is -2.09. The molecule has 0 radical (unpaired) electrons. The Labute approximate surface area is 85.9 Å². The van der Waals surface area contributed by atoms with E-state index in [0.717, 1.165) is 18.2 Å². The third-order valence-electron chi connectivity index (χ3n) is 1.66. The van der Waals surface area contributed by atoms with Crippen LogP contribution in [0.2, 0.25) is 0 Å². The van der Waals surface area contributed by atoms with Crippen molar-refractivity contribution >= 4 is 11.9 Å². The van der Waals surface area contributed by atoms with Crippen LogP contribution >= 0.6 is 0 Å². The van der Waals surface area contributed by atoms with Crippen molar-refractivity contribution in [1.29, 1.82) is 0 Å². The Kier molecular flexibility index (Phi) is 3.28. The highest BCUT2D eigenvalue weighted by molar-refractivity contribution is 5.95. The molecule has 0 aromatic heterocycles. The van der Waals surface area contributed by atoms with Gasteiger partial charge in [-0.1, -0.05) is 12.1 Å². The van der Waals surface area contributed by atoms with Crippen LogP contribution in [0.1, 0.15) is 27.6 Å². The first-order valence-electron chi connectivity index (χ1n) is 4.27. The molecule has 0 saturated carbocycles. The number of carbonyl (C=O) groups is 2. The molecular weight excluding hydrogens is 200 g/mol. The van der Waals surface area contributed by atoms with E-state index in [9.17, 15) is 14.7 Å². The van der Waals surface area contributed by atoms with Crippen LogP contribution in [0.25, 0.3) is 0 Å². The first-order valence-corrected chi connectivity index (χ1v) is 4.27. The van der Waals surface area contributed by atoms with Crippen LogP contribution in [0.3, 0.4) is 0 Å². The summed E-state index contributed by atoms with van der Waals surface area (Å²) in [5.74, 6) is -2.48. The maximum absolute atomic E-state index is 11.2. The number of rotatable bonds is 3. The fraction of sp³-hybridized carbons (Fsp3) is 0.200. The van der Waals surface area contributed by atoms with Crippen molar-refractivity contribution in [3.05, 3.63) is 29.3 Å². The predicted octanol–water partition coefficient (Wildman–Crippen LogP) is 0.635. The molecule has 0 aliphatic rings. The van der Waals surface area contributed by atoms with Gasteiger partial charge in [0.15, 0.2) is 0 Å². The summed E-state index contributed by atoms with van der Waals surface area (Å²) in [5.41, 5.74) is -0.257. The van der Waals surface area contributed by atoms with Crippen molar-refractivity contribution in [2.45, 2.75) is 6.92 Å². The average molecular weight is 209 g/mol. The largest absolute Gasteiger partial charge is 0.872 e. The number of ether oxygens (including phenoxy) is 1. The molecule has 15 heavy (non-hydrogen) atoms. The quantitative estimate of drug-likeness (QED) is 0.738. The van der Waals surface area contributed by atoms with Crippen LogP contribution in [-0.2, 0) is 4.74 Å².